The number of benzene rings is 2. The summed E-state index contributed by atoms with van der Waals surface area (Å²) in [7, 11) is 0. The number of rotatable bonds is 9. The van der Waals surface area contributed by atoms with Gasteiger partial charge in [-0.3, -0.25) is 14.4 Å². The number of carbonyl (C=O) groups is 3. The minimum atomic E-state index is -0.730. The molecule has 0 spiro atoms. The van der Waals surface area contributed by atoms with E-state index in [-0.39, 0.29) is 42.6 Å². The second kappa shape index (κ2) is 9.62. The van der Waals surface area contributed by atoms with Gasteiger partial charge in [0.1, 0.15) is 5.82 Å². The van der Waals surface area contributed by atoms with Crippen molar-refractivity contribution in [3.8, 4) is 0 Å². The Bertz CT molecular complexity index is 942. The normalized spacial score (nSPS) is 13.0. The van der Waals surface area contributed by atoms with Crippen LogP contribution in [0.15, 0.2) is 36.4 Å². The largest absolute Gasteiger partial charge is 0.370 e. The molecule has 2 amide bonds. The summed E-state index contributed by atoms with van der Waals surface area (Å²) in [6.45, 7) is 3.63. The molecule has 0 aliphatic heterocycles. The van der Waals surface area contributed by atoms with Gasteiger partial charge in [-0.25, -0.2) is 4.39 Å². The van der Waals surface area contributed by atoms with Crippen LogP contribution in [0.3, 0.4) is 0 Å². The van der Waals surface area contributed by atoms with Gasteiger partial charge in [0.05, 0.1) is 10.6 Å². The molecule has 0 saturated carbocycles. The molecule has 0 aromatic heterocycles. The first-order chi connectivity index (χ1) is 13.6. The van der Waals surface area contributed by atoms with Crippen molar-refractivity contribution in [3.63, 3.8) is 0 Å². The molecule has 6 nitrogen and oxygen atoms in total. The summed E-state index contributed by atoms with van der Waals surface area (Å²) >= 11 is 6.13. The van der Waals surface area contributed by atoms with Gasteiger partial charge >= 0.3 is 0 Å². The standard InChI is InChI=1S/C21H23ClFN3O3.2H2/c1-3-16(26-11(2)10-17(24)27)14-8-9-15(22)18(19(14)23)20(28)12-4-6-13(7-5-12)21(25)29;;/h4-9,11,16,26H,3,10H2,1-2H3,(H2,24,27)(H2,25,29);2*1H/t11-,16+;;/m0../s1. The molecule has 0 bridgehead atoms. The molecule has 2 atom stereocenters. The van der Waals surface area contributed by atoms with E-state index in [9.17, 15) is 14.4 Å². The van der Waals surface area contributed by atoms with Crippen LogP contribution in [0.2, 0.25) is 5.02 Å². The molecule has 0 aliphatic rings. The summed E-state index contributed by atoms with van der Waals surface area (Å²) in [6.07, 6.45) is 0.617. The van der Waals surface area contributed by atoms with E-state index in [1.54, 1.807) is 6.92 Å². The van der Waals surface area contributed by atoms with Gasteiger partial charge in [-0.2, -0.15) is 0 Å². The van der Waals surface area contributed by atoms with Gasteiger partial charge in [-0.15, -0.1) is 0 Å². The van der Waals surface area contributed by atoms with Crippen LogP contribution in [0.5, 0.6) is 0 Å². The highest BCUT2D eigenvalue weighted by atomic mass is 35.5. The predicted octanol–water partition coefficient (Wildman–Crippen LogP) is 3.61. The number of hydrogen-bond acceptors (Lipinski definition) is 4. The number of amides is 2. The van der Waals surface area contributed by atoms with Crippen molar-refractivity contribution in [1.29, 1.82) is 0 Å². The third-order valence-electron chi connectivity index (χ3n) is 4.56. The Morgan fingerprint density at radius 1 is 1.10 bits per heavy atom. The molecule has 8 heteroatoms. The van der Waals surface area contributed by atoms with Crippen LogP contribution in [0, 0.1) is 5.82 Å². The highest BCUT2D eigenvalue weighted by Gasteiger charge is 2.25. The van der Waals surface area contributed by atoms with E-state index in [1.165, 1.54) is 36.4 Å². The zero-order valence-corrected chi connectivity index (χ0v) is 16.9. The van der Waals surface area contributed by atoms with Gasteiger partial charge in [-0.1, -0.05) is 36.7 Å². The van der Waals surface area contributed by atoms with Gasteiger partial charge < -0.3 is 16.8 Å². The number of nitrogens with one attached hydrogen (secondary N) is 1. The molecule has 0 fully saturated rings. The monoisotopic (exact) mass is 423 g/mol. The second-order valence-electron chi connectivity index (χ2n) is 6.80. The maximum absolute atomic E-state index is 15.3. The first kappa shape index (κ1) is 22.5. The van der Waals surface area contributed by atoms with Crippen molar-refractivity contribution in [1.82, 2.24) is 5.32 Å². The number of ketones is 1. The molecular weight excluding hydrogens is 397 g/mol. The van der Waals surface area contributed by atoms with Gasteiger partial charge in [0.15, 0.2) is 5.78 Å². The number of halogens is 2. The van der Waals surface area contributed by atoms with Crippen LogP contribution in [0.4, 0.5) is 4.39 Å². The van der Waals surface area contributed by atoms with Crippen molar-refractivity contribution in [3.05, 3.63) is 69.5 Å². The van der Waals surface area contributed by atoms with Crippen LogP contribution < -0.4 is 16.8 Å². The summed E-state index contributed by atoms with van der Waals surface area (Å²) in [5.74, 6) is -2.43. The molecule has 0 saturated heterocycles. The molecule has 2 aromatic rings. The topological polar surface area (TPSA) is 115 Å². The fraction of sp³-hybridized carbons (Fsp3) is 0.286. The Kier molecular flexibility index (Phi) is 7.47. The fourth-order valence-electron chi connectivity index (χ4n) is 3.11. The lowest BCUT2D eigenvalue weighted by molar-refractivity contribution is -0.118. The van der Waals surface area contributed by atoms with Crippen molar-refractivity contribution in [2.24, 2.45) is 11.5 Å². The van der Waals surface area contributed by atoms with E-state index in [4.69, 9.17) is 23.1 Å². The van der Waals surface area contributed by atoms with Crippen molar-refractivity contribution < 1.29 is 21.6 Å². The molecule has 0 aliphatic carbocycles. The Hall–Kier alpha value is -2.77. The fourth-order valence-corrected chi connectivity index (χ4v) is 3.34. The molecule has 5 N–H and O–H groups in total. The number of carbonyl (C=O) groups excluding carboxylic acids is 3. The zero-order valence-electron chi connectivity index (χ0n) is 16.2. The quantitative estimate of drug-likeness (QED) is 0.534. The Morgan fingerprint density at radius 3 is 2.21 bits per heavy atom. The number of hydrogen-bond donors (Lipinski definition) is 3. The Labute approximate surface area is 176 Å². The van der Waals surface area contributed by atoms with Gasteiger partial charge in [0.25, 0.3) is 0 Å². The summed E-state index contributed by atoms with van der Waals surface area (Å²) in [6, 6.07) is 7.86. The maximum Gasteiger partial charge on any atom is 0.248 e. The number of primary amides is 2. The first-order valence-corrected chi connectivity index (χ1v) is 9.50. The Balaban J connectivity index is 0.00000450. The minimum absolute atomic E-state index is 0. The molecular formula is C21H27ClFN3O3. The lowest BCUT2D eigenvalue weighted by Crippen LogP contribution is -2.34. The highest BCUT2D eigenvalue weighted by molar-refractivity contribution is 6.35. The maximum atomic E-state index is 15.3. The first-order valence-electron chi connectivity index (χ1n) is 9.12. The van der Waals surface area contributed by atoms with Crippen molar-refractivity contribution in [2.75, 3.05) is 0 Å². The zero-order chi connectivity index (χ0) is 21.7. The lowest BCUT2D eigenvalue weighted by atomic mass is 9.95. The van der Waals surface area contributed by atoms with Gasteiger partial charge in [0, 0.05) is 38.0 Å². The molecule has 2 rings (SSSR count). The summed E-state index contributed by atoms with van der Waals surface area (Å²) in [5, 5.41) is 3.14. The van der Waals surface area contributed by atoms with Crippen molar-refractivity contribution in [2.45, 2.75) is 38.8 Å². The summed E-state index contributed by atoms with van der Waals surface area (Å²) in [5.41, 5.74) is 10.8. The van der Waals surface area contributed by atoms with Gasteiger partial charge in [0.2, 0.25) is 11.8 Å². The summed E-state index contributed by atoms with van der Waals surface area (Å²) in [4.78, 5) is 35.2. The highest BCUT2D eigenvalue weighted by Crippen LogP contribution is 2.30. The van der Waals surface area contributed by atoms with Gasteiger partial charge in [-0.05, 0) is 31.5 Å². The van der Waals surface area contributed by atoms with Crippen LogP contribution in [-0.4, -0.2) is 23.6 Å². The second-order valence-corrected chi connectivity index (χ2v) is 7.20. The summed E-state index contributed by atoms with van der Waals surface area (Å²) < 4.78 is 15.3. The SMILES string of the molecule is CC[C@@H](N[C@@H](C)CC(N)=O)c1ccc(Cl)c(C(=O)c2ccc(C(N)=O)cc2)c1F.[HH].[HH]. The lowest BCUT2D eigenvalue weighted by Gasteiger charge is -2.23. The molecule has 0 heterocycles. The average molecular weight is 424 g/mol. The number of nitrogens with two attached hydrogens (primary N) is 2. The van der Waals surface area contributed by atoms with E-state index in [1.807, 2.05) is 6.92 Å². The predicted molar refractivity (Wildman–Crippen MR) is 113 cm³/mol. The minimum Gasteiger partial charge on any atom is -0.370 e. The molecule has 0 unspecified atom stereocenters. The molecule has 29 heavy (non-hydrogen) atoms. The van der Waals surface area contributed by atoms with Crippen molar-refractivity contribution >= 4 is 29.2 Å². The van der Waals surface area contributed by atoms with Crippen LogP contribution >= 0.6 is 11.6 Å². The van der Waals surface area contributed by atoms with E-state index < -0.39 is 29.5 Å². The van der Waals surface area contributed by atoms with E-state index >= 15 is 4.39 Å². The third kappa shape index (κ3) is 5.40. The van der Waals surface area contributed by atoms with E-state index in [0.717, 1.165) is 0 Å². The average Bonchev–Trinajstić information content (AvgIpc) is 2.66. The van der Waals surface area contributed by atoms with Crippen LogP contribution in [0.25, 0.3) is 0 Å². The van der Waals surface area contributed by atoms with Crippen LogP contribution in [-0.2, 0) is 4.79 Å². The van der Waals surface area contributed by atoms with Crippen LogP contribution in [0.1, 0.15) is 67.4 Å². The smallest absolute Gasteiger partial charge is 0.248 e. The molecule has 2 aromatic carbocycles. The van der Waals surface area contributed by atoms with E-state index in [0.29, 0.717) is 6.42 Å². The Morgan fingerprint density at radius 2 is 1.69 bits per heavy atom. The third-order valence-corrected chi connectivity index (χ3v) is 4.87. The van der Waals surface area contributed by atoms with E-state index in [2.05, 4.69) is 5.32 Å². The molecule has 158 valence electrons. The molecule has 0 radical (unpaired) electrons.